The zero-order chi connectivity index (χ0) is 15.5. The minimum atomic E-state index is -1.14. The molecule has 1 heterocycles. The van der Waals surface area contributed by atoms with Crippen LogP contribution in [-0.4, -0.2) is 20.8 Å². The number of benzene rings is 2. The summed E-state index contributed by atoms with van der Waals surface area (Å²) in [7, 11) is 1.76. The molecule has 1 amide bonds. The fraction of sp³-hybridized carbons (Fsp3) is 0.125. The van der Waals surface area contributed by atoms with E-state index in [0.717, 1.165) is 11.1 Å². The summed E-state index contributed by atoms with van der Waals surface area (Å²) in [6.07, 6.45) is -1.14. The summed E-state index contributed by atoms with van der Waals surface area (Å²) in [6, 6.07) is 15.4. The van der Waals surface area contributed by atoms with Crippen LogP contribution in [0.3, 0.4) is 0 Å². The lowest BCUT2D eigenvalue weighted by Crippen LogP contribution is -2.11. The standard InChI is InChI=1S/C16H15N3O3/c1-19-14-8-7-12(22-10-11-5-3-2-4-6-11)9-13(14)17-15(19)18-16(20)21/h2-9H,10H2,1H3,(H,17,18)(H,20,21). The number of ether oxygens (including phenoxy) is 1. The van der Waals surface area contributed by atoms with Gasteiger partial charge in [-0.3, -0.25) is 5.32 Å². The topological polar surface area (TPSA) is 76.4 Å². The summed E-state index contributed by atoms with van der Waals surface area (Å²) in [5.41, 5.74) is 2.59. The number of fused-ring (bicyclic) bond motifs is 1. The van der Waals surface area contributed by atoms with Crippen LogP contribution in [-0.2, 0) is 13.7 Å². The molecule has 3 aromatic rings. The van der Waals surface area contributed by atoms with Gasteiger partial charge in [0.2, 0.25) is 5.95 Å². The first-order valence-corrected chi connectivity index (χ1v) is 6.76. The Kier molecular flexibility index (Phi) is 3.65. The van der Waals surface area contributed by atoms with E-state index in [9.17, 15) is 4.79 Å². The number of carbonyl (C=O) groups is 1. The van der Waals surface area contributed by atoms with Crippen LogP contribution in [0.5, 0.6) is 5.75 Å². The third-order valence-electron chi connectivity index (χ3n) is 3.32. The van der Waals surface area contributed by atoms with Crippen molar-refractivity contribution < 1.29 is 14.6 Å². The van der Waals surface area contributed by atoms with Crippen molar-refractivity contribution in [1.82, 2.24) is 9.55 Å². The highest BCUT2D eigenvalue weighted by Gasteiger charge is 2.10. The number of aromatic nitrogens is 2. The number of aryl methyl sites for hydroxylation is 1. The van der Waals surface area contributed by atoms with Gasteiger partial charge < -0.3 is 14.4 Å². The number of anilines is 1. The third-order valence-corrected chi connectivity index (χ3v) is 3.32. The number of hydrogen-bond donors (Lipinski definition) is 2. The minimum absolute atomic E-state index is 0.280. The molecule has 0 aliphatic carbocycles. The van der Waals surface area contributed by atoms with Crippen molar-refractivity contribution in [3.8, 4) is 5.75 Å². The van der Waals surface area contributed by atoms with E-state index in [0.29, 0.717) is 17.9 Å². The molecule has 0 saturated heterocycles. The molecule has 22 heavy (non-hydrogen) atoms. The number of nitrogens with one attached hydrogen (secondary N) is 1. The van der Waals surface area contributed by atoms with Crippen LogP contribution in [0.25, 0.3) is 11.0 Å². The highest BCUT2D eigenvalue weighted by molar-refractivity contribution is 5.86. The molecule has 0 atom stereocenters. The van der Waals surface area contributed by atoms with Crippen LogP contribution < -0.4 is 10.1 Å². The monoisotopic (exact) mass is 297 g/mol. The number of nitrogens with zero attached hydrogens (tertiary/aromatic N) is 2. The Morgan fingerprint density at radius 3 is 2.77 bits per heavy atom. The molecule has 0 fully saturated rings. The number of imidazole rings is 1. The van der Waals surface area contributed by atoms with Crippen LogP contribution in [0, 0.1) is 0 Å². The normalized spacial score (nSPS) is 10.6. The van der Waals surface area contributed by atoms with Gasteiger partial charge >= 0.3 is 6.09 Å². The van der Waals surface area contributed by atoms with Crippen LogP contribution in [0.1, 0.15) is 5.56 Å². The Morgan fingerprint density at radius 2 is 2.05 bits per heavy atom. The average molecular weight is 297 g/mol. The zero-order valence-corrected chi connectivity index (χ0v) is 12.0. The molecular weight excluding hydrogens is 282 g/mol. The van der Waals surface area contributed by atoms with Gasteiger partial charge in [0, 0.05) is 13.1 Å². The molecule has 0 aliphatic rings. The van der Waals surface area contributed by atoms with Gasteiger partial charge in [0.05, 0.1) is 11.0 Å². The maximum atomic E-state index is 10.7. The van der Waals surface area contributed by atoms with E-state index in [1.54, 1.807) is 17.7 Å². The van der Waals surface area contributed by atoms with Gasteiger partial charge in [-0.2, -0.15) is 0 Å². The molecular formula is C16H15N3O3. The molecule has 3 rings (SSSR count). The number of rotatable bonds is 4. The van der Waals surface area contributed by atoms with Crippen molar-refractivity contribution >= 4 is 23.1 Å². The predicted molar refractivity (Wildman–Crippen MR) is 83.1 cm³/mol. The maximum absolute atomic E-state index is 10.7. The van der Waals surface area contributed by atoms with E-state index in [4.69, 9.17) is 9.84 Å². The molecule has 0 aliphatic heterocycles. The van der Waals surface area contributed by atoms with Crippen molar-refractivity contribution in [1.29, 1.82) is 0 Å². The van der Waals surface area contributed by atoms with Gasteiger partial charge in [0.15, 0.2) is 0 Å². The molecule has 2 aromatic carbocycles. The number of amides is 1. The lowest BCUT2D eigenvalue weighted by Gasteiger charge is -2.06. The van der Waals surface area contributed by atoms with Gasteiger partial charge in [0.1, 0.15) is 12.4 Å². The quantitative estimate of drug-likeness (QED) is 0.775. The Morgan fingerprint density at radius 1 is 1.27 bits per heavy atom. The lowest BCUT2D eigenvalue weighted by atomic mass is 10.2. The van der Waals surface area contributed by atoms with Gasteiger partial charge in [-0.1, -0.05) is 30.3 Å². The highest BCUT2D eigenvalue weighted by Crippen LogP contribution is 2.23. The van der Waals surface area contributed by atoms with Gasteiger partial charge in [-0.15, -0.1) is 0 Å². The first-order valence-electron chi connectivity index (χ1n) is 6.76. The molecule has 1 aromatic heterocycles. The fourth-order valence-corrected chi connectivity index (χ4v) is 2.22. The van der Waals surface area contributed by atoms with Gasteiger partial charge in [0.25, 0.3) is 0 Å². The second kappa shape index (κ2) is 5.77. The van der Waals surface area contributed by atoms with Crippen molar-refractivity contribution in [3.05, 3.63) is 54.1 Å². The van der Waals surface area contributed by atoms with Crippen molar-refractivity contribution in [2.45, 2.75) is 6.61 Å². The van der Waals surface area contributed by atoms with Crippen LogP contribution >= 0.6 is 0 Å². The van der Waals surface area contributed by atoms with Crippen molar-refractivity contribution in [2.24, 2.45) is 7.05 Å². The van der Waals surface area contributed by atoms with Crippen molar-refractivity contribution in [3.63, 3.8) is 0 Å². The molecule has 0 unspecified atom stereocenters. The van der Waals surface area contributed by atoms with E-state index >= 15 is 0 Å². The zero-order valence-electron chi connectivity index (χ0n) is 12.0. The summed E-state index contributed by atoms with van der Waals surface area (Å²) in [6.45, 7) is 0.472. The molecule has 2 N–H and O–H groups in total. The van der Waals surface area contributed by atoms with Crippen LogP contribution in [0.4, 0.5) is 10.7 Å². The predicted octanol–water partition coefficient (Wildman–Crippen LogP) is 3.24. The van der Waals surface area contributed by atoms with Crippen molar-refractivity contribution in [2.75, 3.05) is 5.32 Å². The molecule has 0 radical (unpaired) electrons. The largest absolute Gasteiger partial charge is 0.489 e. The van der Waals surface area contributed by atoms with E-state index in [-0.39, 0.29) is 5.95 Å². The van der Waals surface area contributed by atoms with Gasteiger partial charge in [-0.25, -0.2) is 9.78 Å². The Balaban J connectivity index is 1.82. The Labute approximate surface area is 127 Å². The first-order chi connectivity index (χ1) is 10.6. The average Bonchev–Trinajstić information content (AvgIpc) is 2.81. The summed E-state index contributed by atoms with van der Waals surface area (Å²) < 4.78 is 7.43. The molecule has 6 heteroatoms. The summed E-state index contributed by atoms with van der Waals surface area (Å²) in [4.78, 5) is 15.0. The number of carboxylic acid groups (broad SMARTS) is 1. The van der Waals surface area contributed by atoms with E-state index in [1.807, 2.05) is 42.5 Å². The molecule has 0 bridgehead atoms. The summed E-state index contributed by atoms with van der Waals surface area (Å²) in [5.74, 6) is 0.971. The maximum Gasteiger partial charge on any atom is 0.411 e. The second-order valence-corrected chi connectivity index (χ2v) is 4.85. The Hall–Kier alpha value is -3.02. The molecule has 0 saturated carbocycles. The van der Waals surface area contributed by atoms with Crippen LogP contribution in [0.15, 0.2) is 48.5 Å². The molecule has 6 nitrogen and oxygen atoms in total. The minimum Gasteiger partial charge on any atom is -0.489 e. The summed E-state index contributed by atoms with van der Waals surface area (Å²) in [5, 5.41) is 11.1. The van der Waals surface area contributed by atoms with Crippen LogP contribution in [0.2, 0.25) is 0 Å². The number of hydrogen-bond acceptors (Lipinski definition) is 3. The highest BCUT2D eigenvalue weighted by atomic mass is 16.5. The van der Waals surface area contributed by atoms with E-state index < -0.39 is 6.09 Å². The molecule has 0 spiro atoms. The van der Waals surface area contributed by atoms with E-state index in [2.05, 4.69) is 10.3 Å². The second-order valence-electron chi connectivity index (χ2n) is 4.85. The smallest absolute Gasteiger partial charge is 0.411 e. The fourth-order valence-electron chi connectivity index (χ4n) is 2.22. The van der Waals surface area contributed by atoms with E-state index in [1.165, 1.54) is 0 Å². The third kappa shape index (κ3) is 2.85. The lowest BCUT2D eigenvalue weighted by molar-refractivity contribution is 0.209. The molecule has 112 valence electrons. The Bertz CT molecular complexity index is 812. The van der Waals surface area contributed by atoms with Gasteiger partial charge in [-0.05, 0) is 17.7 Å². The summed E-state index contributed by atoms with van der Waals surface area (Å²) >= 11 is 0. The SMILES string of the molecule is Cn1c(NC(=O)O)nc2cc(OCc3ccccc3)ccc21. The first kappa shape index (κ1) is 13.9.